The topological polar surface area (TPSA) is 113 Å². The fourth-order valence-electron chi connectivity index (χ4n) is 1.03. The number of hydrogen-bond donors (Lipinski definition) is 1. The number of fused-ring (bicyclic) bond motifs is 1. The summed E-state index contributed by atoms with van der Waals surface area (Å²) in [7, 11) is -3.63. The maximum absolute atomic E-state index is 10.9. The maximum atomic E-state index is 10.9. The van der Waals surface area contributed by atoms with Gasteiger partial charge in [0, 0.05) is 0 Å². The van der Waals surface area contributed by atoms with Crippen molar-refractivity contribution in [3.05, 3.63) is 12.7 Å². The van der Waals surface area contributed by atoms with Gasteiger partial charge in [0.25, 0.3) is 0 Å². The molecule has 0 bridgehead atoms. The number of nitrogen functional groups attached to an aromatic ring is 1. The number of anilines is 1. The van der Waals surface area contributed by atoms with Gasteiger partial charge in [0.15, 0.2) is 11.3 Å². The predicted molar refractivity (Wildman–Crippen MR) is 51.2 cm³/mol. The summed E-state index contributed by atoms with van der Waals surface area (Å²) in [5, 5.41) is 0. The van der Waals surface area contributed by atoms with Gasteiger partial charge in [-0.2, -0.15) is 8.42 Å². The first-order valence-electron chi connectivity index (χ1n) is 3.81. The first-order chi connectivity index (χ1) is 6.97. The summed E-state index contributed by atoms with van der Waals surface area (Å²) in [5.41, 5.74) is 6.00. The van der Waals surface area contributed by atoms with Crippen molar-refractivity contribution in [2.45, 2.75) is 0 Å². The number of hydrogen-bond acceptors (Lipinski definition) is 7. The van der Waals surface area contributed by atoms with E-state index in [2.05, 4.69) is 19.2 Å². The lowest BCUT2D eigenvalue weighted by Gasteiger charge is -2.01. The average Bonchev–Trinajstić information content (AvgIpc) is 2.48. The standard InChI is InChI=1S/C6H7N5O3S/c1-15(12,13)14-11-3-10-4-5(7)8-2-9-6(4)11/h2-3H,1H3,(H2,7,8,9). The molecule has 0 saturated heterocycles. The largest absolute Gasteiger partial charge is 0.382 e. The molecule has 0 radical (unpaired) electrons. The van der Waals surface area contributed by atoms with Crippen LogP contribution in [0.25, 0.3) is 11.2 Å². The van der Waals surface area contributed by atoms with Crippen LogP contribution < -0.4 is 10.0 Å². The molecule has 0 aliphatic rings. The maximum Gasteiger partial charge on any atom is 0.324 e. The average molecular weight is 229 g/mol. The van der Waals surface area contributed by atoms with E-state index in [1.807, 2.05) is 0 Å². The summed E-state index contributed by atoms with van der Waals surface area (Å²) in [6.45, 7) is 0. The van der Waals surface area contributed by atoms with Crippen LogP contribution in [-0.4, -0.2) is 34.4 Å². The minimum absolute atomic E-state index is 0.163. The summed E-state index contributed by atoms with van der Waals surface area (Å²) in [5.74, 6) is 0.163. The molecule has 15 heavy (non-hydrogen) atoms. The van der Waals surface area contributed by atoms with E-state index in [9.17, 15) is 8.42 Å². The van der Waals surface area contributed by atoms with E-state index >= 15 is 0 Å². The molecular formula is C6H7N5O3S. The second kappa shape index (κ2) is 3.05. The molecule has 9 heteroatoms. The third-order valence-corrected chi connectivity index (χ3v) is 1.98. The van der Waals surface area contributed by atoms with Crippen molar-refractivity contribution >= 4 is 27.1 Å². The smallest absolute Gasteiger partial charge is 0.324 e. The Morgan fingerprint density at radius 3 is 2.80 bits per heavy atom. The predicted octanol–water partition coefficient (Wildman–Crippen LogP) is -1.20. The summed E-state index contributed by atoms with van der Waals surface area (Å²) in [6.07, 6.45) is 3.28. The highest BCUT2D eigenvalue weighted by molar-refractivity contribution is 7.86. The summed E-state index contributed by atoms with van der Waals surface area (Å²) in [6, 6.07) is 0. The van der Waals surface area contributed by atoms with Crippen LogP contribution in [0.4, 0.5) is 5.82 Å². The first kappa shape index (κ1) is 9.65. The SMILES string of the molecule is CS(=O)(=O)On1cnc2c(N)ncnc21. The quantitative estimate of drug-likeness (QED) is 0.687. The van der Waals surface area contributed by atoms with Gasteiger partial charge in [-0.3, -0.25) is 4.28 Å². The van der Waals surface area contributed by atoms with Crippen LogP contribution in [0.15, 0.2) is 12.7 Å². The molecule has 0 saturated carbocycles. The van der Waals surface area contributed by atoms with Crippen LogP contribution >= 0.6 is 0 Å². The Morgan fingerprint density at radius 1 is 1.40 bits per heavy atom. The third-order valence-electron chi connectivity index (χ3n) is 1.55. The molecule has 2 aromatic rings. The first-order valence-corrected chi connectivity index (χ1v) is 5.62. The molecule has 0 aliphatic carbocycles. The highest BCUT2D eigenvalue weighted by atomic mass is 32.2. The van der Waals surface area contributed by atoms with Crippen molar-refractivity contribution in [3.63, 3.8) is 0 Å². The molecule has 2 rings (SSSR count). The van der Waals surface area contributed by atoms with Crippen LogP contribution in [0, 0.1) is 0 Å². The Morgan fingerprint density at radius 2 is 2.13 bits per heavy atom. The molecule has 0 unspecified atom stereocenters. The van der Waals surface area contributed by atoms with Crippen molar-refractivity contribution in [2.24, 2.45) is 0 Å². The van der Waals surface area contributed by atoms with Crippen molar-refractivity contribution in [3.8, 4) is 0 Å². The third kappa shape index (κ3) is 1.81. The number of aromatic nitrogens is 4. The Balaban J connectivity index is 2.60. The molecule has 0 atom stereocenters. The van der Waals surface area contributed by atoms with Crippen molar-refractivity contribution < 1.29 is 12.7 Å². The van der Waals surface area contributed by atoms with Crippen LogP contribution in [0.3, 0.4) is 0 Å². The zero-order valence-electron chi connectivity index (χ0n) is 7.65. The lowest BCUT2D eigenvalue weighted by atomic mass is 10.5. The van der Waals surface area contributed by atoms with Gasteiger partial charge in [0.2, 0.25) is 5.65 Å². The lowest BCUT2D eigenvalue weighted by molar-refractivity contribution is 0.291. The molecule has 2 heterocycles. The van der Waals surface area contributed by atoms with Crippen molar-refractivity contribution in [1.82, 2.24) is 19.7 Å². The number of nitrogens with zero attached hydrogens (tertiary/aromatic N) is 4. The summed E-state index contributed by atoms with van der Waals surface area (Å²) < 4.78 is 27.3. The van der Waals surface area contributed by atoms with Crippen LogP contribution in [0.2, 0.25) is 0 Å². The second-order valence-corrected chi connectivity index (χ2v) is 4.34. The van der Waals surface area contributed by atoms with Gasteiger partial charge >= 0.3 is 10.1 Å². The van der Waals surface area contributed by atoms with Gasteiger partial charge in [-0.15, -0.1) is 4.73 Å². The normalized spacial score (nSPS) is 11.8. The highest BCUT2D eigenvalue weighted by Crippen LogP contribution is 2.12. The zero-order chi connectivity index (χ0) is 11.1. The van der Waals surface area contributed by atoms with Gasteiger partial charge in [-0.1, -0.05) is 0 Å². The molecule has 0 amide bonds. The minimum Gasteiger partial charge on any atom is -0.382 e. The van der Waals surface area contributed by atoms with Gasteiger partial charge in [0.1, 0.15) is 12.7 Å². The summed E-state index contributed by atoms with van der Waals surface area (Å²) >= 11 is 0. The van der Waals surface area contributed by atoms with E-state index in [1.165, 1.54) is 6.33 Å². The van der Waals surface area contributed by atoms with Gasteiger partial charge in [0.05, 0.1) is 6.26 Å². The number of rotatable bonds is 2. The summed E-state index contributed by atoms with van der Waals surface area (Å²) in [4.78, 5) is 11.3. The van der Waals surface area contributed by atoms with Crippen molar-refractivity contribution in [2.75, 3.05) is 12.0 Å². The molecule has 80 valence electrons. The second-order valence-electron chi connectivity index (χ2n) is 2.78. The van der Waals surface area contributed by atoms with E-state index in [4.69, 9.17) is 5.73 Å². The highest BCUT2D eigenvalue weighted by Gasteiger charge is 2.11. The van der Waals surface area contributed by atoms with Crippen LogP contribution in [0.1, 0.15) is 0 Å². The molecule has 0 spiro atoms. The van der Waals surface area contributed by atoms with Crippen LogP contribution in [-0.2, 0) is 10.1 Å². The monoisotopic (exact) mass is 229 g/mol. The molecule has 0 aliphatic heterocycles. The molecule has 0 aromatic carbocycles. The molecule has 0 fully saturated rings. The van der Waals surface area contributed by atoms with E-state index in [1.54, 1.807) is 0 Å². The Labute approximate surface area is 84.8 Å². The minimum atomic E-state index is -3.63. The van der Waals surface area contributed by atoms with Gasteiger partial charge < -0.3 is 5.73 Å². The fraction of sp³-hybridized carbons (Fsp3) is 0.167. The molecule has 8 nitrogen and oxygen atoms in total. The number of imidazole rings is 1. The lowest BCUT2D eigenvalue weighted by Crippen LogP contribution is -2.18. The van der Waals surface area contributed by atoms with Gasteiger partial charge in [-0.05, 0) is 0 Å². The van der Waals surface area contributed by atoms with Crippen molar-refractivity contribution in [1.29, 1.82) is 0 Å². The molecule has 2 aromatic heterocycles. The van der Waals surface area contributed by atoms with E-state index < -0.39 is 10.1 Å². The van der Waals surface area contributed by atoms with E-state index in [0.29, 0.717) is 5.52 Å². The zero-order valence-corrected chi connectivity index (χ0v) is 8.47. The number of nitrogens with two attached hydrogens (primary N) is 1. The van der Waals surface area contributed by atoms with Gasteiger partial charge in [-0.25, -0.2) is 15.0 Å². The van der Waals surface area contributed by atoms with E-state index in [-0.39, 0.29) is 11.5 Å². The Kier molecular flexibility index (Phi) is 1.96. The molecular weight excluding hydrogens is 222 g/mol. The van der Waals surface area contributed by atoms with Crippen LogP contribution in [0.5, 0.6) is 0 Å². The van der Waals surface area contributed by atoms with E-state index in [0.717, 1.165) is 17.3 Å². The molecule has 2 N–H and O–H groups in total. The Bertz CT molecular complexity index is 604. The fourth-order valence-corrected chi connectivity index (χ4v) is 1.43. The Hall–Kier alpha value is -1.90.